The molecular weight excluding hydrogens is 552 g/mol. The third kappa shape index (κ3) is 4.81. The van der Waals surface area contributed by atoms with E-state index in [0.717, 1.165) is 83.2 Å². The summed E-state index contributed by atoms with van der Waals surface area (Å²) in [5, 5.41) is 4.28. The molecule has 1 unspecified atom stereocenters. The second kappa shape index (κ2) is 11.1. The average Bonchev–Trinajstić information content (AvgIpc) is 3.67. The van der Waals surface area contributed by atoms with Crippen LogP contribution in [0.1, 0.15) is 36.6 Å². The third-order valence-electron chi connectivity index (χ3n) is 8.52. The van der Waals surface area contributed by atoms with Gasteiger partial charge in [0.1, 0.15) is 22.3 Å². The average molecular weight is 583 g/mol. The number of amidine groups is 1. The van der Waals surface area contributed by atoms with Gasteiger partial charge in [-0.25, -0.2) is 4.99 Å². The van der Waals surface area contributed by atoms with Crippen molar-refractivity contribution in [1.82, 2.24) is 0 Å². The van der Waals surface area contributed by atoms with E-state index >= 15 is 0 Å². The largest absolute Gasteiger partial charge is 0.455 e. The number of furan rings is 2. The maximum absolute atomic E-state index is 6.50. The minimum Gasteiger partial charge on any atom is -0.455 e. The number of benzene rings is 6. The molecule has 45 heavy (non-hydrogen) atoms. The molecule has 0 radical (unpaired) electrons. The Morgan fingerprint density at radius 2 is 1.22 bits per heavy atom. The Balaban J connectivity index is 1.17. The molecule has 2 heterocycles. The molecule has 0 aliphatic carbocycles. The van der Waals surface area contributed by atoms with Gasteiger partial charge in [-0.1, -0.05) is 121 Å². The smallest absolute Gasteiger partial charge is 0.155 e. The van der Waals surface area contributed by atoms with Gasteiger partial charge in [0.05, 0.1) is 11.4 Å². The fourth-order valence-electron chi connectivity index (χ4n) is 6.15. The monoisotopic (exact) mass is 582 g/mol. The van der Waals surface area contributed by atoms with E-state index in [1.54, 1.807) is 0 Å². The molecule has 0 aliphatic rings. The topological polar surface area (TPSA) is 51.0 Å². The maximum Gasteiger partial charge on any atom is 0.155 e. The number of hydrogen-bond acceptors (Lipinski definition) is 3. The van der Waals surface area contributed by atoms with E-state index in [9.17, 15) is 0 Å². The molecule has 8 rings (SSSR count). The van der Waals surface area contributed by atoms with Crippen LogP contribution >= 0.6 is 0 Å². The molecule has 0 spiro atoms. The van der Waals surface area contributed by atoms with Crippen molar-refractivity contribution < 1.29 is 8.83 Å². The summed E-state index contributed by atoms with van der Waals surface area (Å²) in [4.78, 5) is 10.1. The van der Waals surface area contributed by atoms with Crippen LogP contribution in [0.3, 0.4) is 0 Å². The molecule has 8 aromatic rings. The van der Waals surface area contributed by atoms with Crippen LogP contribution in [0.15, 0.2) is 158 Å². The zero-order valence-corrected chi connectivity index (χ0v) is 25.1. The summed E-state index contributed by atoms with van der Waals surface area (Å²) in [7, 11) is 0. The molecule has 0 saturated carbocycles. The molecule has 6 aromatic carbocycles. The Labute approximate surface area is 261 Å². The van der Waals surface area contributed by atoms with Gasteiger partial charge in [0.15, 0.2) is 5.84 Å². The number of para-hydroxylation sites is 2. The first kappa shape index (κ1) is 26.9. The second-order valence-electron chi connectivity index (χ2n) is 11.4. The molecule has 0 aliphatic heterocycles. The normalized spacial score (nSPS) is 13.3. The highest BCUT2D eigenvalue weighted by Gasteiger charge is 2.18. The van der Waals surface area contributed by atoms with Crippen LogP contribution in [0.5, 0.6) is 0 Å². The Kier molecular flexibility index (Phi) is 6.61. The predicted molar refractivity (Wildman–Crippen MR) is 186 cm³/mol. The lowest BCUT2D eigenvalue weighted by Crippen LogP contribution is -2.05. The zero-order valence-electron chi connectivity index (χ0n) is 25.1. The Morgan fingerprint density at radius 3 is 2.00 bits per heavy atom. The van der Waals surface area contributed by atoms with Gasteiger partial charge >= 0.3 is 0 Å². The van der Waals surface area contributed by atoms with Gasteiger partial charge in [0.2, 0.25) is 0 Å². The summed E-state index contributed by atoms with van der Waals surface area (Å²) in [6, 6.07) is 47.6. The van der Waals surface area contributed by atoms with Crippen molar-refractivity contribution >= 4 is 55.4 Å². The molecule has 0 bridgehead atoms. The molecule has 0 fully saturated rings. The van der Waals surface area contributed by atoms with Crippen LogP contribution in [0.4, 0.5) is 0 Å². The highest BCUT2D eigenvalue weighted by atomic mass is 16.3. The van der Waals surface area contributed by atoms with Gasteiger partial charge in [-0.05, 0) is 48.7 Å². The number of hydrogen-bond donors (Lipinski definition) is 0. The minimum absolute atomic E-state index is 0.0926. The Morgan fingerprint density at radius 1 is 0.556 bits per heavy atom. The Hall–Kier alpha value is -5.74. The predicted octanol–water partition coefficient (Wildman–Crippen LogP) is 11.2. The lowest BCUT2D eigenvalue weighted by molar-refractivity contribution is 0.663. The van der Waals surface area contributed by atoms with E-state index in [2.05, 4.69) is 91.9 Å². The lowest BCUT2D eigenvalue weighted by Gasteiger charge is -2.12. The molecule has 1 atom stereocenters. The van der Waals surface area contributed by atoms with Gasteiger partial charge in [0, 0.05) is 33.0 Å². The first-order valence-corrected chi connectivity index (χ1v) is 15.2. The summed E-state index contributed by atoms with van der Waals surface area (Å²) in [6.45, 7) is 4.15. The van der Waals surface area contributed by atoms with Crippen molar-refractivity contribution in [1.29, 1.82) is 0 Å². The minimum atomic E-state index is -0.0926. The maximum atomic E-state index is 6.50. The zero-order chi connectivity index (χ0) is 30.3. The van der Waals surface area contributed by atoms with E-state index in [1.807, 2.05) is 61.5 Å². The van der Waals surface area contributed by atoms with Gasteiger partial charge in [-0.2, -0.15) is 0 Å². The van der Waals surface area contributed by atoms with Gasteiger partial charge < -0.3 is 8.83 Å². The van der Waals surface area contributed by atoms with E-state index in [-0.39, 0.29) is 6.04 Å². The first-order chi connectivity index (χ1) is 22.1. The van der Waals surface area contributed by atoms with Crippen LogP contribution < -0.4 is 0 Å². The number of nitrogens with zero attached hydrogens (tertiary/aromatic N) is 2. The molecule has 4 heteroatoms. The molecule has 2 aromatic heterocycles. The fraction of sp³-hybridized carbons (Fsp3) is 0.0732. The molecule has 0 N–H and O–H groups in total. The molecule has 0 saturated heterocycles. The van der Waals surface area contributed by atoms with Gasteiger partial charge in [-0.3, -0.25) is 4.99 Å². The van der Waals surface area contributed by atoms with E-state index < -0.39 is 0 Å². The molecule has 4 nitrogen and oxygen atoms in total. The Bertz CT molecular complexity index is 2380. The van der Waals surface area contributed by atoms with Crippen molar-refractivity contribution in [3.63, 3.8) is 0 Å². The van der Waals surface area contributed by atoms with Crippen LogP contribution in [-0.2, 0) is 0 Å². The van der Waals surface area contributed by atoms with Crippen molar-refractivity contribution in [3.05, 3.63) is 156 Å². The standard InChI is InChI=1S/C41H30N2O2/c1-26(28-12-5-3-6-13-28)42-41(31-14-7-4-8-15-31)43-27(2)29-20-22-30(23-21-29)32-17-11-18-35-38-37(45-39(32)35)25-24-34-33-16-9-10-19-36(33)44-40(34)38/h3-25,27H,1-2H3. The first-order valence-electron chi connectivity index (χ1n) is 15.2. The van der Waals surface area contributed by atoms with E-state index in [1.165, 1.54) is 0 Å². The summed E-state index contributed by atoms with van der Waals surface area (Å²) in [5.74, 6) is 0.720. The fourth-order valence-corrected chi connectivity index (χ4v) is 6.15. The van der Waals surface area contributed by atoms with Crippen molar-refractivity contribution in [3.8, 4) is 11.1 Å². The summed E-state index contributed by atoms with van der Waals surface area (Å²) in [6.07, 6.45) is 0. The van der Waals surface area contributed by atoms with Crippen LogP contribution in [-0.4, -0.2) is 11.5 Å². The lowest BCUT2D eigenvalue weighted by atomic mass is 9.99. The highest BCUT2D eigenvalue weighted by molar-refractivity contribution is 6.23. The van der Waals surface area contributed by atoms with Crippen LogP contribution in [0.2, 0.25) is 0 Å². The SMILES string of the molecule is CC(=NC(=NC(C)c1ccc(-c2cccc3c2oc2ccc4c5ccccc5oc4c23)cc1)c1ccccc1)c1ccccc1. The summed E-state index contributed by atoms with van der Waals surface area (Å²) < 4.78 is 12.8. The second-order valence-corrected chi connectivity index (χ2v) is 11.4. The van der Waals surface area contributed by atoms with Crippen molar-refractivity contribution in [2.75, 3.05) is 0 Å². The summed E-state index contributed by atoms with van der Waals surface area (Å²) >= 11 is 0. The van der Waals surface area contributed by atoms with E-state index in [0.29, 0.717) is 0 Å². The number of rotatable bonds is 5. The molecular formula is C41H30N2O2. The number of aliphatic imine (C=N–C) groups is 2. The molecule has 0 amide bonds. The molecule has 216 valence electrons. The van der Waals surface area contributed by atoms with Crippen molar-refractivity contribution in [2.45, 2.75) is 19.9 Å². The third-order valence-corrected chi connectivity index (χ3v) is 8.52. The van der Waals surface area contributed by atoms with Gasteiger partial charge in [0.25, 0.3) is 0 Å². The number of fused-ring (bicyclic) bond motifs is 7. The van der Waals surface area contributed by atoms with Gasteiger partial charge in [-0.15, -0.1) is 0 Å². The highest BCUT2D eigenvalue weighted by Crippen LogP contribution is 2.42. The van der Waals surface area contributed by atoms with E-state index in [4.69, 9.17) is 18.8 Å². The van der Waals surface area contributed by atoms with Crippen molar-refractivity contribution in [2.24, 2.45) is 9.98 Å². The summed E-state index contributed by atoms with van der Waals surface area (Å²) in [5.41, 5.74) is 9.68. The quantitative estimate of drug-likeness (QED) is 0.150. The van der Waals surface area contributed by atoms with Crippen LogP contribution in [0.25, 0.3) is 55.0 Å². The van der Waals surface area contributed by atoms with Crippen LogP contribution in [0, 0.1) is 0 Å².